The number of hydrogen-bond donors (Lipinski definition) is 1. The molecule has 0 atom stereocenters. The summed E-state index contributed by atoms with van der Waals surface area (Å²) >= 11 is 0. The second-order valence-electron chi connectivity index (χ2n) is 2.06. The van der Waals surface area contributed by atoms with Gasteiger partial charge in [0.15, 0.2) is 0 Å². The van der Waals surface area contributed by atoms with Gasteiger partial charge in [0.2, 0.25) is 0 Å². The predicted molar refractivity (Wildman–Crippen MR) is 40.2 cm³/mol. The molecule has 1 heteroatoms. The van der Waals surface area contributed by atoms with E-state index in [9.17, 15) is 0 Å². The molecule has 0 bridgehead atoms. The maximum absolute atomic E-state index is 3.10. The van der Waals surface area contributed by atoms with Crippen LogP contribution in [0.1, 0.15) is 18.2 Å². The van der Waals surface area contributed by atoms with Crippen molar-refractivity contribution in [3.05, 3.63) is 29.6 Å². The molecule has 0 spiro atoms. The van der Waals surface area contributed by atoms with E-state index < -0.39 is 0 Å². The molecule has 0 saturated heterocycles. The van der Waals surface area contributed by atoms with Crippen LogP contribution in [0, 0.1) is 6.92 Å². The minimum atomic E-state index is 1.23. The second kappa shape index (κ2) is 2.53. The van der Waals surface area contributed by atoms with E-state index in [1.807, 2.05) is 19.2 Å². The lowest BCUT2D eigenvalue weighted by molar-refractivity contribution is 1.26. The summed E-state index contributed by atoms with van der Waals surface area (Å²) < 4.78 is 0. The molecule has 1 N–H and O–H groups in total. The zero-order valence-electron chi connectivity index (χ0n) is 5.81. The van der Waals surface area contributed by atoms with Crippen LogP contribution >= 0.6 is 0 Å². The second-order valence-corrected chi connectivity index (χ2v) is 2.06. The van der Waals surface area contributed by atoms with Crippen LogP contribution in [-0.4, -0.2) is 4.98 Å². The molecule has 1 aromatic rings. The van der Waals surface area contributed by atoms with Crippen molar-refractivity contribution < 1.29 is 0 Å². The maximum Gasteiger partial charge on any atom is 0.0188 e. The number of hydrogen-bond acceptors (Lipinski definition) is 0. The predicted octanol–water partition coefficient (Wildman–Crippen LogP) is 2.36. The molecule has 1 heterocycles. The number of allylic oxidation sites excluding steroid dienone is 1. The van der Waals surface area contributed by atoms with Crippen molar-refractivity contribution in [3.63, 3.8) is 0 Å². The van der Waals surface area contributed by atoms with Crippen LogP contribution in [0.15, 0.2) is 18.3 Å². The van der Waals surface area contributed by atoms with Gasteiger partial charge in [-0.15, -0.1) is 0 Å². The van der Waals surface area contributed by atoms with Crippen LogP contribution < -0.4 is 0 Å². The highest BCUT2D eigenvalue weighted by atomic mass is 14.7. The first-order valence-electron chi connectivity index (χ1n) is 3.11. The smallest absolute Gasteiger partial charge is 0.0188 e. The van der Waals surface area contributed by atoms with Crippen molar-refractivity contribution in [1.29, 1.82) is 0 Å². The van der Waals surface area contributed by atoms with Crippen molar-refractivity contribution in [2.45, 2.75) is 13.8 Å². The fraction of sp³-hybridized carbons (Fsp3) is 0.250. The summed E-state index contributed by atoms with van der Waals surface area (Å²) in [6, 6.07) is 2.06. The summed E-state index contributed by atoms with van der Waals surface area (Å²) in [5.41, 5.74) is 2.51. The van der Waals surface area contributed by atoms with Crippen molar-refractivity contribution in [2.24, 2.45) is 0 Å². The fourth-order valence-electron chi connectivity index (χ4n) is 0.825. The van der Waals surface area contributed by atoms with Crippen molar-refractivity contribution in [2.75, 3.05) is 0 Å². The van der Waals surface area contributed by atoms with E-state index >= 15 is 0 Å². The summed E-state index contributed by atoms with van der Waals surface area (Å²) in [6.45, 7) is 4.09. The molecule has 0 aliphatic heterocycles. The SMILES string of the molecule is CC=Cc1cc[nH]c1C. The molecular formula is C8H11N. The van der Waals surface area contributed by atoms with Gasteiger partial charge in [0.1, 0.15) is 0 Å². The third kappa shape index (κ3) is 1.22. The molecule has 0 fully saturated rings. The van der Waals surface area contributed by atoms with Gasteiger partial charge in [-0.25, -0.2) is 0 Å². The number of H-pyrrole nitrogens is 1. The standard InChI is InChI=1S/C8H11N/c1-3-4-8-5-6-9-7(8)2/h3-6,9H,1-2H3. The van der Waals surface area contributed by atoms with Crippen LogP contribution in [0.25, 0.3) is 6.08 Å². The summed E-state index contributed by atoms with van der Waals surface area (Å²) in [6.07, 6.45) is 6.08. The Morgan fingerprint density at radius 3 is 2.78 bits per heavy atom. The highest BCUT2D eigenvalue weighted by molar-refractivity contribution is 5.51. The van der Waals surface area contributed by atoms with Gasteiger partial charge in [0.25, 0.3) is 0 Å². The van der Waals surface area contributed by atoms with Gasteiger partial charge in [-0.3, -0.25) is 0 Å². The molecule has 0 aromatic carbocycles. The number of nitrogens with one attached hydrogen (secondary N) is 1. The van der Waals surface area contributed by atoms with Crippen LogP contribution in [0.5, 0.6) is 0 Å². The lowest BCUT2D eigenvalue weighted by Gasteiger charge is -1.85. The van der Waals surface area contributed by atoms with Crippen LogP contribution in [0.2, 0.25) is 0 Å². The number of aromatic nitrogens is 1. The number of aromatic amines is 1. The Labute approximate surface area is 55.4 Å². The molecule has 0 amide bonds. The van der Waals surface area contributed by atoms with E-state index in [4.69, 9.17) is 0 Å². The highest BCUT2D eigenvalue weighted by Crippen LogP contribution is 2.05. The van der Waals surface area contributed by atoms with E-state index in [0.717, 1.165) is 0 Å². The van der Waals surface area contributed by atoms with Gasteiger partial charge < -0.3 is 4.98 Å². The van der Waals surface area contributed by atoms with E-state index in [2.05, 4.69) is 24.1 Å². The largest absolute Gasteiger partial charge is 0.365 e. The fourth-order valence-corrected chi connectivity index (χ4v) is 0.825. The Morgan fingerprint density at radius 2 is 2.33 bits per heavy atom. The molecule has 48 valence electrons. The van der Waals surface area contributed by atoms with Crippen molar-refractivity contribution >= 4 is 6.08 Å². The van der Waals surface area contributed by atoms with Crippen LogP contribution in [-0.2, 0) is 0 Å². The normalized spacial score (nSPS) is 10.9. The zero-order chi connectivity index (χ0) is 6.69. The zero-order valence-corrected chi connectivity index (χ0v) is 5.81. The molecule has 1 nitrogen and oxygen atoms in total. The van der Waals surface area contributed by atoms with E-state index in [1.165, 1.54) is 11.3 Å². The summed E-state index contributed by atoms with van der Waals surface area (Å²) in [4.78, 5) is 3.10. The van der Waals surface area contributed by atoms with Crippen molar-refractivity contribution in [1.82, 2.24) is 4.98 Å². The lowest BCUT2D eigenvalue weighted by Crippen LogP contribution is -1.71. The topological polar surface area (TPSA) is 15.8 Å². The number of aryl methyl sites for hydroxylation is 1. The van der Waals surface area contributed by atoms with Crippen molar-refractivity contribution in [3.8, 4) is 0 Å². The van der Waals surface area contributed by atoms with E-state index in [-0.39, 0.29) is 0 Å². The lowest BCUT2D eigenvalue weighted by atomic mass is 10.2. The molecule has 0 saturated carbocycles. The summed E-state index contributed by atoms with van der Waals surface area (Å²) in [7, 11) is 0. The Bertz CT molecular complexity index is 208. The Kier molecular flexibility index (Phi) is 1.73. The van der Waals surface area contributed by atoms with Gasteiger partial charge in [-0.2, -0.15) is 0 Å². The van der Waals surface area contributed by atoms with Gasteiger partial charge in [0, 0.05) is 11.9 Å². The molecule has 0 radical (unpaired) electrons. The average Bonchev–Trinajstić information content (AvgIpc) is 2.18. The monoisotopic (exact) mass is 121 g/mol. The van der Waals surface area contributed by atoms with Crippen LogP contribution in [0.4, 0.5) is 0 Å². The van der Waals surface area contributed by atoms with Gasteiger partial charge in [-0.05, 0) is 25.5 Å². The molecule has 1 aromatic heterocycles. The first kappa shape index (κ1) is 6.14. The van der Waals surface area contributed by atoms with E-state index in [0.29, 0.717) is 0 Å². The van der Waals surface area contributed by atoms with Gasteiger partial charge in [-0.1, -0.05) is 12.2 Å². The minimum Gasteiger partial charge on any atom is -0.365 e. The molecule has 0 aliphatic carbocycles. The molecule has 0 aliphatic rings. The van der Waals surface area contributed by atoms with Crippen LogP contribution in [0.3, 0.4) is 0 Å². The first-order valence-corrected chi connectivity index (χ1v) is 3.11. The average molecular weight is 121 g/mol. The Balaban J connectivity index is 2.94. The van der Waals surface area contributed by atoms with Gasteiger partial charge in [0.05, 0.1) is 0 Å². The van der Waals surface area contributed by atoms with Gasteiger partial charge >= 0.3 is 0 Å². The third-order valence-electron chi connectivity index (χ3n) is 1.34. The Morgan fingerprint density at radius 1 is 1.56 bits per heavy atom. The Hall–Kier alpha value is -0.980. The summed E-state index contributed by atoms with van der Waals surface area (Å²) in [5.74, 6) is 0. The molecule has 0 unspecified atom stereocenters. The highest BCUT2D eigenvalue weighted by Gasteiger charge is 1.89. The molecule has 9 heavy (non-hydrogen) atoms. The third-order valence-corrected chi connectivity index (χ3v) is 1.34. The maximum atomic E-state index is 3.10. The molecular weight excluding hydrogens is 110 g/mol. The van der Waals surface area contributed by atoms with E-state index in [1.54, 1.807) is 0 Å². The first-order chi connectivity index (χ1) is 4.34. The molecule has 1 rings (SSSR count). The number of rotatable bonds is 1. The quantitative estimate of drug-likeness (QED) is 0.587. The minimum absolute atomic E-state index is 1.23. The summed E-state index contributed by atoms with van der Waals surface area (Å²) in [5, 5.41) is 0.